The van der Waals surface area contributed by atoms with Crippen molar-refractivity contribution in [3.63, 3.8) is 0 Å². The molecule has 0 saturated carbocycles. The third-order valence-corrected chi connectivity index (χ3v) is 4.89. The van der Waals surface area contributed by atoms with E-state index in [-0.39, 0.29) is 5.91 Å². The lowest BCUT2D eigenvalue weighted by Gasteiger charge is -2.28. The van der Waals surface area contributed by atoms with Gasteiger partial charge in [-0.15, -0.1) is 11.8 Å². The summed E-state index contributed by atoms with van der Waals surface area (Å²) in [7, 11) is 0. The average Bonchev–Trinajstić information content (AvgIpc) is 2.97. The molecular formula is C15H15ClN4O2S. The monoisotopic (exact) mass is 350 g/mol. The number of aromatic nitrogens is 2. The number of hydrogen-bond donors (Lipinski definition) is 1. The van der Waals surface area contributed by atoms with E-state index in [1.165, 1.54) is 18.0 Å². The predicted octanol–water partition coefficient (Wildman–Crippen LogP) is 1.77. The minimum atomic E-state index is -0.498. The number of rotatable bonds is 4. The SMILES string of the molecule is NC(=O)c1cnc2n1CCN(C(=O)CSc1ccc(Cl)cc1)C2. The van der Waals surface area contributed by atoms with Crippen molar-refractivity contribution in [3.8, 4) is 0 Å². The number of amides is 2. The topological polar surface area (TPSA) is 81.2 Å². The first-order valence-corrected chi connectivity index (χ1v) is 8.41. The summed E-state index contributed by atoms with van der Waals surface area (Å²) in [5, 5.41) is 0.675. The van der Waals surface area contributed by atoms with Crippen LogP contribution in [0.1, 0.15) is 16.3 Å². The van der Waals surface area contributed by atoms with E-state index in [2.05, 4.69) is 4.98 Å². The third kappa shape index (κ3) is 3.51. The van der Waals surface area contributed by atoms with Crippen LogP contribution in [0.5, 0.6) is 0 Å². The van der Waals surface area contributed by atoms with Crippen LogP contribution in [0.4, 0.5) is 0 Å². The molecule has 1 aromatic carbocycles. The summed E-state index contributed by atoms with van der Waals surface area (Å²) in [5.74, 6) is 0.585. The molecule has 2 amide bonds. The molecule has 0 aliphatic carbocycles. The molecule has 8 heteroatoms. The minimum Gasteiger partial charge on any atom is -0.364 e. The summed E-state index contributed by atoms with van der Waals surface area (Å²) in [6, 6.07) is 7.39. The molecule has 0 fully saturated rings. The summed E-state index contributed by atoms with van der Waals surface area (Å²) in [5.41, 5.74) is 5.70. The normalized spacial score (nSPS) is 13.7. The highest BCUT2D eigenvalue weighted by Crippen LogP contribution is 2.22. The number of benzene rings is 1. The van der Waals surface area contributed by atoms with E-state index in [9.17, 15) is 9.59 Å². The standard InChI is InChI=1S/C15H15ClN4O2S/c16-10-1-3-11(4-2-10)23-9-14(21)19-5-6-20-12(15(17)22)7-18-13(20)8-19/h1-4,7H,5-6,8-9H2,(H2,17,22). The lowest BCUT2D eigenvalue weighted by molar-refractivity contribution is -0.129. The van der Waals surface area contributed by atoms with Gasteiger partial charge in [-0.3, -0.25) is 9.59 Å². The van der Waals surface area contributed by atoms with Gasteiger partial charge in [-0.2, -0.15) is 0 Å². The average molecular weight is 351 g/mol. The Bertz CT molecular complexity index is 744. The zero-order valence-electron chi connectivity index (χ0n) is 12.2. The molecule has 2 N–H and O–H groups in total. The maximum atomic E-state index is 12.3. The smallest absolute Gasteiger partial charge is 0.266 e. The molecule has 1 aliphatic heterocycles. The summed E-state index contributed by atoms with van der Waals surface area (Å²) in [6.07, 6.45) is 1.47. The number of hydrogen-bond acceptors (Lipinski definition) is 4. The molecule has 1 aliphatic rings. The van der Waals surface area contributed by atoms with Crippen LogP contribution in [0, 0.1) is 0 Å². The molecule has 0 unspecified atom stereocenters. The van der Waals surface area contributed by atoms with E-state index in [4.69, 9.17) is 17.3 Å². The molecular weight excluding hydrogens is 336 g/mol. The quantitative estimate of drug-likeness (QED) is 0.852. The number of thioether (sulfide) groups is 1. The second-order valence-corrected chi connectivity index (χ2v) is 6.62. The van der Waals surface area contributed by atoms with Crippen molar-refractivity contribution in [1.82, 2.24) is 14.5 Å². The van der Waals surface area contributed by atoms with Crippen LogP contribution in [0.2, 0.25) is 5.02 Å². The second kappa shape index (κ2) is 6.64. The number of nitrogens with two attached hydrogens (primary N) is 1. The number of halogens is 1. The van der Waals surface area contributed by atoms with Crippen molar-refractivity contribution < 1.29 is 9.59 Å². The van der Waals surface area contributed by atoms with Gasteiger partial charge in [0.05, 0.1) is 18.5 Å². The highest BCUT2D eigenvalue weighted by molar-refractivity contribution is 8.00. The van der Waals surface area contributed by atoms with Crippen LogP contribution in [0.15, 0.2) is 35.4 Å². The highest BCUT2D eigenvalue weighted by atomic mass is 35.5. The number of primary amides is 1. The van der Waals surface area contributed by atoms with Crippen LogP contribution < -0.4 is 5.73 Å². The lowest BCUT2D eigenvalue weighted by Crippen LogP contribution is -2.40. The van der Waals surface area contributed by atoms with Crippen molar-refractivity contribution in [3.05, 3.63) is 47.0 Å². The zero-order chi connectivity index (χ0) is 16.4. The first-order chi connectivity index (χ1) is 11.0. The predicted molar refractivity (Wildman–Crippen MR) is 88.3 cm³/mol. The third-order valence-electron chi connectivity index (χ3n) is 3.65. The van der Waals surface area contributed by atoms with Gasteiger partial charge >= 0.3 is 0 Å². The Kier molecular flexibility index (Phi) is 4.58. The van der Waals surface area contributed by atoms with Crippen LogP contribution in [-0.4, -0.2) is 38.6 Å². The second-order valence-electron chi connectivity index (χ2n) is 5.13. The molecule has 0 atom stereocenters. The zero-order valence-corrected chi connectivity index (χ0v) is 13.8. The van der Waals surface area contributed by atoms with E-state index in [1.54, 1.807) is 21.6 Å². The fourth-order valence-corrected chi connectivity index (χ4v) is 3.36. The van der Waals surface area contributed by atoms with Crippen molar-refractivity contribution >= 4 is 35.2 Å². The van der Waals surface area contributed by atoms with Gasteiger partial charge in [0, 0.05) is 23.0 Å². The van der Waals surface area contributed by atoms with Gasteiger partial charge in [-0.05, 0) is 24.3 Å². The first-order valence-electron chi connectivity index (χ1n) is 7.05. The summed E-state index contributed by atoms with van der Waals surface area (Å²) >= 11 is 7.31. The van der Waals surface area contributed by atoms with E-state index < -0.39 is 5.91 Å². The van der Waals surface area contributed by atoms with Gasteiger partial charge in [0.2, 0.25) is 5.91 Å². The molecule has 23 heavy (non-hydrogen) atoms. The molecule has 120 valence electrons. The Balaban J connectivity index is 1.60. The van der Waals surface area contributed by atoms with E-state index >= 15 is 0 Å². The molecule has 1 aromatic heterocycles. The van der Waals surface area contributed by atoms with Crippen LogP contribution in [-0.2, 0) is 17.9 Å². The fraction of sp³-hybridized carbons (Fsp3) is 0.267. The lowest BCUT2D eigenvalue weighted by atomic mass is 10.3. The van der Waals surface area contributed by atoms with Crippen LogP contribution in [0.3, 0.4) is 0 Å². The van der Waals surface area contributed by atoms with Gasteiger partial charge in [0.25, 0.3) is 5.91 Å². The van der Waals surface area contributed by atoms with Crippen LogP contribution in [0.25, 0.3) is 0 Å². The molecule has 6 nitrogen and oxygen atoms in total. The summed E-state index contributed by atoms with van der Waals surface area (Å²) < 4.78 is 1.78. The maximum absolute atomic E-state index is 12.3. The number of carbonyl (C=O) groups is 2. The number of fused-ring (bicyclic) bond motifs is 1. The van der Waals surface area contributed by atoms with Crippen molar-refractivity contribution in [2.75, 3.05) is 12.3 Å². The minimum absolute atomic E-state index is 0.0415. The Morgan fingerprint density at radius 3 is 2.70 bits per heavy atom. The van der Waals surface area contributed by atoms with Gasteiger partial charge in [0.15, 0.2) is 0 Å². The van der Waals surface area contributed by atoms with Gasteiger partial charge in [-0.25, -0.2) is 4.98 Å². The van der Waals surface area contributed by atoms with Crippen molar-refractivity contribution in [2.45, 2.75) is 18.0 Å². The molecule has 0 saturated heterocycles. The maximum Gasteiger partial charge on any atom is 0.266 e. The fourth-order valence-electron chi connectivity index (χ4n) is 2.44. The largest absolute Gasteiger partial charge is 0.364 e. The molecule has 0 radical (unpaired) electrons. The van der Waals surface area contributed by atoms with Crippen LogP contribution >= 0.6 is 23.4 Å². The van der Waals surface area contributed by atoms with Gasteiger partial charge in [-0.1, -0.05) is 11.6 Å². The van der Waals surface area contributed by atoms with E-state index in [0.717, 1.165) is 4.90 Å². The van der Waals surface area contributed by atoms with Crippen molar-refractivity contribution in [2.24, 2.45) is 5.73 Å². The Hall–Kier alpha value is -1.99. The molecule has 0 bridgehead atoms. The molecule has 2 aromatic rings. The Morgan fingerprint density at radius 1 is 1.26 bits per heavy atom. The Morgan fingerprint density at radius 2 is 2.00 bits per heavy atom. The number of imidazole rings is 1. The molecule has 2 heterocycles. The summed E-state index contributed by atoms with van der Waals surface area (Å²) in [6.45, 7) is 1.47. The van der Waals surface area contributed by atoms with Gasteiger partial charge < -0.3 is 15.2 Å². The first kappa shape index (κ1) is 15.9. The highest BCUT2D eigenvalue weighted by Gasteiger charge is 2.24. The number of carbonyl (C=O) groups excluding carboxylic acids is 2. The number of nitrogens with zero attached hydrogens (tertiary/aromatic N) is 3. The van der Waals surface area contributed by atoms with Crippen molar-refractivity contribution in [1.29, 1.82) is 0 Å². The molecule has 3 rings (SSSR count). The van der Waals surface area contributed by atoms with Gasteiger partial charge in [0.1, 0.15) is 11.5 Å². The Labute approximate surface area is 142 Å². The van der Waals surface area contributed by atoms with E-state index in [1.807, 2.05) is 12.1 Å². The summed E-state index contributed by atoms with van der Waals surface area (Å²) in [4.78, 5) is 30.6. The molecule has 0 spiro atoms. The van der Waals surface area contributed by atoms with E-state index in [0.29, 0.717) is 41.9 Å².